The van der Waals surface area contributed by atoms with Gasteiger partial charge in [0.2, 0.25) is 0 Å². The number of benzene rings is 1. The Morgan fingerprint density at radius 2 is 2.10 bits per heavy atom. The maximum absolute atomic E-state index is 12.9. The fraction of sp³-hybridized carbons (Fsp3) is 0.150. The van der Waals surface area contributed by atoms with E-state index in [2.05, 4.69) is 25.6 Å². The molecule has 0 unspecified atom stereocenters. The van der Waals surface area contributed by atoms with Crippen LogP contribution in [0, 0.1) is 11.7 Å². The highest BCUT2D eigenvalue weighted by Gasteiger charge is 2.18. The van der Waals surface area contributed by atoms with Gasteiger partial charge in [-0.2, -0.15) is 10.2 Å². The van der Waals surface area contributed by atoms with Crippen LogP contribution in [0.5, 0.6) is 0 Å². The molecule has 0 aliphatic carbocycles. The summed E-state index contributed by atoms with van der Waals surface area (Å²) in [6, 6.07) is 11.8. The maximum Gasteiger partial charge on any atom is 0.267 e. The molecule has 5 aromatic rings. The fourth-order valence-corrected chi connectivity index (χ4v) is 5.14. The number of carbonyl (C=O) groups excluding carboxylic acids is 1. The number of nitrogens with zero attached hydrogens (tertiary/aromatic N) is 5. The normalized spacial score (nSPS) is 11.3. The lowest BCUT2D eigenvalue weighted by Gasteiger charge is -2.01. The van der Waals surface area contributed by atoms with Gasteiger partial charge in [0.25, 0.3) is 5.91 Å². The number of para-hydroxylation sites is 1. The van der Waals surface area contributed by atoms with Crippen molar-refractivity contribution in [1.82, 2.24) is 29.5 Å². The molecule has 2 N–H and O–H groups in total. The second-order valence-corrected chi connectivity index (χ2v) is 9.22. The van der Waals surface area contributed by atoms with E-state index in [-0.39, 0.29) is 5.91 Å². The average Bonchev–Trinajstić information content (AvgIpc) is 3.53. The topological polar surface area (TPSA) is 93.4 Å². The first-order valence-electron chi connectivity index (χ1n) is 9.40. The highest BCUT2D eigenvalue weighted by atomic mass is 32.1. The molecule has 0 aliphatic rings. The summed E-state index contributed by atoms with van der Waals surface area (Å²) in [5.74, 6) is 0.609. The SMILES string of the molecule is Cc1nn(-c2ccccc2)c2sc(C(=O)Nc3nc(Cc4n[nH]c(=S)n4C)cs3)cc12. The minimum Gasteiger partial charge on any atom is -0.307 e. The molecule has 0 fully saturated rings. The monoisotopic (exact) mass is 467 g/mol. The Labute approximate surface area is 190 Å². The van der Waals surface area contributed by atoms with E-state index in [9.17, 15) is 4.79 Å². The van der Waals surface area contributed by atoms with Gasteiger partial charge in [0.1, 0.15) is 10.7 Å². The quantitative estimate of drug-likeness (QED) is 0.372. The molecule has 0 bridgehead atoms. The second kappa shape index (κ2) is 7.84. The van der Waals surface area contributed by atoms with Crippen molar-refractivity contribution in [2.45, 2.75) is 13.3 Å². The lowest BCUT2D eigenvalue weighted by atomic mass is 10.3. The lowest BCUT2D eigenvalue weighted by molar-refractivity contribution is 0.103. The molecule has 4 aromatic heterocycles. The van der Waals surface area contributed by atoms with Crippen LogP contribution < -0.4 is 5.32 Å². The van der Waals surface area contributed by atoms with Gasteiger partial charge in [0.15, 0.2) is 9.90 Å². The Hall–Kier alpha value is -3.15. The third kappa shape index (κ3) is 3.71. The molecule has 0 saturated heterocycles. The van der Waals surface area contributed by atoms with E-state index < -0.39 is 0 Å². The van der Waals surface area contributed by atoms with E-state index in [0.717, 1.165) is 33.1 Å². The Kier molecular flexibility index (Phi) is 5.00. The number of thiophene rings is 1. The van der Waals surface area contributed by atoms with Crippen molar-refractivity contribution in [2.75, 3.05) is 5.32 Å². The van der Waals surface area contributed by atoms with Crippen LogP contribution in [0.15, 0.2) is 41.8 Å². The average molecular weight is 468 g/mol. The van der Waals surface area contributed by atoms with Gasteiger partial charge in [-0.25, -0.2) is 9.67 Å². The number of aromatic nitrogens is 6. The van der Waals surface area contributed by atoms with Crippen LogP contribution in [0.25, 0.3) is 15.9 Å². The number of H-pyrrole nitrogens is 1. The van der Waals surface area contributed by atoms with Crippen LogP contribution in [0.1, 0.15) is 26.9 Å². The predicted octanol–water partition coefficient (Wildman–Crippen LogP) is 4.49. The molecule has 1 amide bonds. The fourth-order valence-electron chi connectivity index (χ4n) is 3.21. The summed E-state index contributed by atoms with van der Waals surface area (Å²) in [4.78, 5) is 18.9. The number of hydrogen-bond donors (Lipinski definition) is 2. The number of thiazole rings is 1. The summed E-state index contributed by atoms with van der Waals surface area (Å²) < 4.78 is 4.25. The zero-order chi connectivity index (χ0) is 21.5. The minimum atomic E-state index is -0.181. The Balaban J connectivity index is 1.37. The van der Waals surface area contributed by atoms with Crippen molar-refractivity contribution in [2.24, 2.45) is 7.05 Å². The first-order valence-corrected chi connectivity index (χ1v) is 11.5. The van der Waals surface area contributed by atoms with Gasteiger partial charge in [0.05, 0.1) is 28.4 Å². The second-order valence-electron chi connectivity index (χ2n) is 6.94. The standard InChI is InChI=1S/C20H17N7OS3/c1-11-14-9-15(31-18(14)27(25-11)13-6-4-3-5-7-13)17(28)22-19-21-12(10-30-19)8-16-23-24-20(29)26(16)2/h3-7,9-10H,8H2,1-2H3,(H,24,29)(H,21,22,28). The van der Waals surface area contributed by atoms with E-state index >= 15 is 0 Å². The summed E-state index contributed by atoms with van der Waals surface area (Å²) in [6.07, 6.45) is 0.533. The van der Waals surface area contributed by atoms with E-state index in [4.69, 9.17) is 12.2 Å². The van der Waals surface area contributed by atoms with E-state index in [1.807, 2.05) is 65.0 Å². The highest BCUT2D eigenvalue weighted by Crippen LogP contribution is 2.31. The molecule has 5 rings (SSSR count). The van der Waals surface area contributed by atoms with Crippen molar-refractivity contribution in [3.8, 4) is 5.69 Å². The molecule has 4 heterocycles. The molecular weight excluding hydrogens is 450 g/mol. The Morgan fingerprint density at radius 1 is 1.29 bits per heavy atom. The van der Waals surface area contributed by atoms with Crippen LogP contribution >= 0.6 is 34.9 Å². The summed E-state index contributed by atoms with van der Waals surface area (Å²) >= 11 is 7.95. The molecule has 11 heteroatoms. The molecular formula is C20H17N7OS3. The molecule has 0 saturated carbocycles. The van der Waals surface area contributed by atoms with Gasteiger partial charge >= 0.3 is 0 Å². The molecule has 0 spiro atoms. The van der Waals surface area contributed by atoms with Crippen molar-refractivity contribution in [3.05, 3.63) is 68.6 Å². The zero-order valence-corrected chi connectivity index (χ0v) is 19.1. The number of fused-ring (bicyclic) bond motifs is 1. The maximum atomic E-state index is 12.9. The number of anilines is 1. The van der Waals surface area contributed by atoms with E-state index in [1.165, 1.54) is 22.7 Å². The van der Waals surface area contributed by atoms with Crippen molar-refractivity contribution in [3.63, 3.8) is 0 Å². The molecule has 0 radical (unpaired) electrons. The number of rotatable bonds is 5. The lowest BCUT2D eigenvalue weighted by Crippen LogP contribution is -2.10. The Morgan fingerprint density at radius 3 is 2.84 bits per heavy atom. The van der Waals surface area contributed by atoms with Crippen LogP contribution in [0.4, 0.5) is 5.13 Å². The van der Waals surface area contributed by atoms with Gasteiger partial charge in [-0.15, -0.1) is 22.7 Å². The van der Waals surface area contributed by atoms with Crippen molar-refractivity contribution < 1.29 is 4.79 Å². The van der Waals surface area contributed by atoms with Gasteiger partial charge in [-0.05, 0) is 37.3 Å². The predicted molar refractivity (Wildman–Crippen MR) is 125 cm³/mol. The number of amides is 1. The van der Waals surface area contributed by atoms with E-state index in [0.29, 0.717) is 21.2 Å². The van der Waals surface area contributed by atoms with Gasteiger partial charge in [-0.1, -0.05) is 18.2 Å². The highest BCUT2D eigenvalue weighted by molar-refractivity contribution is 7.71. The molecule has 0 atom stereocenters. The van der Waals surface area contributed by atoms with Crippen LogP contribution in [0.2, 0.25) is 0 Å². The third-order valence-electron chi connectivity index (χ3n) is 4.85. The summed E-state index contributed by atoms with van der Waals surface area (Å²) in [7, 11) is 1.86. The summed E-state index contributed by atoms with van der Waals surface area (Å²) in [5.41, 5.74) is 2.68. The van der Waals surface area contributed by atoms with Crippen molar-refractivity contribution in [1.29, 1.82) is 0 Å². The van der Waals surface area contributed by atoms with Gasteiger partial charge < -0.3 is 4.57 Å². The number of hydrogen-bond acceptors (Lipinski definition) is 7. The van der Waals surface area contributed by atoms with Crippen LogP contribution in [-0.2, 0) is 13.5 Å². The number of nitrogens with one attached hydrogen (secondary N) is 2. The molecule has 1 aromatic carbocycles. The third-order valence-corrected chi connectivity index (χ3v) is 7.13. The first kappa shape index (κ1) is 19.8. The van der Waals surface area contributed by atoms with Gasteiger partial charge in [0, 0.05) is 17.8 Å². The first-order chi connectivity index (χ1) is 15.0. The van der Waals surface area contributed by atoms with E-state index in [1.54, 1.807) is 0 Å². The molecule has 156 valence electrons. The van der Waals surface area contributed by atoms with Crippen LogP contribution in [0.3, 0.4) is 0 Å². The number of aryl methyl sites for hydroxylation is 1. The largest absolute Gasteiger partial charge is 0.307 e. The minimum absolute atomic E-state index is 0.181. The molecule has 31 heavy (non-hydrogen) atoms. The van der Waals surface area contributed by atoms with Gasteiger partial charge in [-0.3, -0.25) is 15.2 Å². The van der Waals surface area contributed by atoms with Crippen molar-refractivity contribution >= 4 is 56.1 Å². The summed E-state index contributed by atoms with van der Waals surface area (Å²) in [6.45, 7) is 1.95. The van der Waals surface area contributed by atoms with Crippen LogP contribution in [-0.4, -0.2) is 35.4 Å². The Bertz CT molecular complexity index is 1460. The zero-order valence-electron chi connectivity index (χ0n) is 16.6. The number of carbonyl (C=O) groups is 1. The summed E-state index contributed by atoms with van der Waals surface area (Å²) in [5, 5.41) is 17.9. The number of aromatic amines is 1. The molecule has 8 nitrogen and oxygen atoms in total. The molecule has 0 aliphatic heterocycles. The smallest absolute Gasteiger partial charge is 0.267 e.